The highest BCUT2D eigenvalue weighted by molar-refractivity contribution is 5.79. The van der Waals surface area contributed by atoms with Crippen molar-refractivity contribution in [1.29, 1.82) is 0 Å². The second-order valence-electron chi connectivity index (χ2n) is 4.51. The summed E-state index contributed by atoms with van der Waals surface area (Å²) in [5.41, 5.74) is 2.31. The summed E-state index contributed by atoms with van der Waals surface area (Å²) < 4.78 is 5.54. The van der Waals surface area contributed by atoms with Crippen LogP contribution in [0.15, 0.2) is 35.0 Å². The van der Waals surface area contributed by atoms with Crippen LogP contribution in [0.4, 0.5) is 0 Å². The molecule has 1 aromatic carbocycles. The lowest BCUT2D eigenvalue weighted by Crippen LogP contribution is -1.95. The van der Waals surface area contributed by atoms with Crippen LogP contribution in [0, 0.1) is 0 Å². The summed E-state index contributed by atoms with van der Waals surface area (Å²) in [6.07, 6.45) is 4.27. The fourth-order valence-electron chi connectivity index (χ4n) is 1.96. The van der Waals surface area contributed by atoms with Gasteiger partial charge in [-0.1, -0.05) is 0 Å². The van der Waals surface area contributed by atoms with Gasteiger partial charge in [0.05, 0.1) is 11.0 Å². The first-order valence-electron chi connectivity index (χ1n) is 6.48. The van der Waals surface area contributed by atoms with Crippen molar-refractivity contribution >= 4 is 17.0 Å². The van der Waals surface area contributed by atoms with Gasteiger partial charge in [-0.05, 0) is 24.6 Å². The second kappa shape index (κ2) is 5.66. The van der Waals surface area contributed by atoms with Gasteiger partial charge in [-0.15, -0.1) is 10.2 Å². The number of carboxylic acid groups (broad SMARTS) is 1. The van der Waals surface area contributed by atoms with Crippen LogP contribution in [0.3, 0.4) is 0 Å². The van der Waals surface area contributed by atoms with Crippen molar-refractivity contribution in [2.45, 2.75) is 19.3 Å². The molecule has 0 radical (unpaired) electrons. The van der Waals surface area contributed by atoms with Crippen LogP contribution in [0.2, 0.25) is 0 Å². The predicted octanol–water partition coefficient (Wildman–Crippen LogP) is 2.09. The largest absolute Gasteiger partial charge is 0.481 e. The number of fused-ring (bicyclic) bond motifs is 1. The molecule has 0 atom stereocenters. The Labute approximate surface area is 119 Å². The average Bonchev–Trinajstić information content (AvgIpc) is 2.95. The third kappa shape index (κ3) is 3.02. The predicted molar refractivity (Wildman–Crippen MR) is 73.4 cm³/mol. The van der Waals surface area contributed by atoms with Gasteiger partial charge in [0, 0.05) is 30.8 Å². The van der Waals surface area contributed by atoms with E-state index in [1.165, 1.54) is 0 Å². The molecule has 0 aliphatic carbocycles. The molecule has 3 aromatic rings. The first-order valence-corrected chi connectivity index (χ1v) is 6.48. The summed E-state index contributed by atoms with van der Waals surface area (Å²) >= 11 is 0. The maximum absolute atomic E-state index is 10.5. The van der Waals surface area contributed by atoms with Gasteiger partial charge in [0.15, 0.2) is 0 Å². The lowest BCUT2D eigenvalue weighted by molar-refractivity contribution is -0.137. The highest BCUT2D eigenvalue weighted by atomic mass is 16.4. The van der Waals surface area contributed by atoms with Crippen LogP contribution in [-0.2, 0) is 11.2 Å². The van der Waals surface area contributed by atoms with Crippen LogP contribution < -0.4 is 0 Å². The monoisotopic (exact) mass is 284 g/mol. The zero-order valence-corrected chi connectivity index (χ0v) is 11.1. The van der Waals surface area contributed by atoms with Gasteiger partial charge in [0.2, 0.25) is 11.8 Å². The lowest BCUT2D eigenvalue weighted by atomic mass is 10.2. The van der Waals surface area contributed by atoms with E-state index < -0.39 is 5.97 Å². The Hall–Kier alpha value is -2.83. The van der Waals surface area contributed by atoms with E-state index in [4.69, 9.17) is 9.52 Å². The molecule has 7 heteroatoms. The fraction of sp³-hybridized carbons (Fsp3) is 0.214. The SMILES string of the molecule is O=C(O)CCCc1nnc(-c2ccc3nccnc3c2)o1. The van der Waals surface area contributed by atoms with Crippen molar-refractivity contribution < 1.29 is 14.3 Å². The maximum Gasteiger partial charge on any atom is 0.303 e. The number of carbonyl (C=O) groups is 1. The van der Waals surface area contributed by atoms with Crippen molar-refractivity contribution in [3.63, 3.8) is 0 Å². The Balaban J connectivity index is 1.79. The molecule has 106 valence electrons. The smallest absolute Gasteiger partial charge is 0.303 e. The van der Waals surface area contributed by atoms with Crippen molar-refractivity contribution in [1.82, 2.24) is 20.2 Å². The topological polar surface area (TPSA) is 102 Å². The third-order valence-corrected chi connectivity index (χ3v) is 2.96. The molecule has 2 heterocycles. The molecule has 0 saturated carbocycles. The van der Waals surface area contributed by atoms with Gasteiger partial charge >= 0.3 is 5.97 Å². The Morgan fingerprint density at radius 3 is 2.76 bits per heavy atom. The quantitative estimate of drug-likeness (QED) is 0.765. The first kappa shape index (κ1) is 13.2. The molecule has 0 saturated heterocycles. The zero-order valence-electron chi connectivity index (χ0n) is 11.1. The summed E-state index contributed by atoms with van der Waals surface area (Å²) in [7, 11) is 0. The molecule has 3 rings (SSSR count). The Morgan fingerprint density at radius 1 is 1.14 bits per heavy atom. The summed E-state index contributed by atoms with van der Waals surface area (Å²) in [6, 6.07) is 5.51. The fourth-order valence-corrected chi connectivity index (χ4v) is 1.96. The minimum atomic E-state index is -0.831. The maximum atomic E-state index is 10.5. The number of aliphatic carboxylic acids is 1. The van der Waals surface area contributed by atoms with Crippen LogP contribution in [0.25, 0.3) is 22.5 Å². The van der Waals surface area contributed by atoms with Crippen LogP contribution in [-0.4, -0.2) is 31.2 Å². The van der Waals surface area contributed by atoms with E-state index in [2.05, 4.69) is 20.2 Å². The molecule has 0 aliphatic rings. The molecule has 2 aromatic heterocycles. The van der Waals surface area contributed by atoms with E-state index in [9.17, 15) is 4.79 Å². The number of carboxylic acids is 1. The van der Waals surface area contributed by atoms with Gasteiger partial charge in [-0.3, -0.25) is 14.8 Å². The molecule has 0 unspecified atom stereocenters. The van der Waals surface area contributed by atoms with Gasteiger partial charge in [0.1, 0.15) is 0 Å². The van der Waals surface area contributed by atoms with Crippen LogP contribution in [0.1, 0.15) is 18.7 Å². The van der Waals surface area contributed by atoms with Gasteiger partial charge in [-0.25, -0.2) is 0 Å². The van der Waals surface area contributed by atoms with E-state index in [-0.39, 0.29) is 6.42 Å². The highest BCUT2D eigenvalue weighted by Crippen LogP contribution is 2.21. The molecule has 0 bridgehead atoms. The van der Waals surface area contributed by atoms with Crippen molar-refractivity contribution in [2.75, 3.05) is 0 Å². The lowest BCUT2D eigenvalue weighted by Gasteiger charge is -1.98. The second-order valence-corrected chi connectivity index (χ2v) is 4.51. The Bertz CT molecular complexity index is 784. The molecule has 7 nitrogen and oxygen atoms in total. The first-order chi connectivity index (χ1) is 10.2. The number of aromatic nitrogens is 4. The average molecular weight is 284 g/mol. The number of nitrogens with zero attached hydrogens (tertiary/aromatic N) is 4. The number of hydrogen-bond acceptors (Lipinski definition) is 6. The summed E-state index contributed by atoms with van der Waals surface area (Å²) in [5.74, 6) is 0.00112. The third-order valence-electron chi connectivity index (χ3n) is 2.96. The minimum absolute atomic E-state index is 0.0866. The van der Waals surface area contributed by atoms with E-state index in [0.717, 1.165) is 16.6 Å². The molecule has 0 spiro atoms. The Morgan fingerprint density at radius 2 is 1.95 bits per heavy atom. The number of aryl methyl sites for hydroxylation is 1. The number of benzene rings is 1. The van der Waals surface area contributed by atoms with E-state index in [1.54, 1.807) is 12.4 Å². The number of rotatable bonds is 5. The van der Waals surface area contributed by atoms with Crippen molar-refractivity contribution in [3.8, 4) is 11.5 Å². The normalized spacial score (nSPS) is 10.9. The number of hydrogen-bond donors (Lipinski definition) is 1. The van der Waals surface area contributed by atoms with Crippen molar-refractivity contribution in [3.05, 3.63) is 36.5 Å². The van der Waals surface area contributed by atoms with E-state index in [0.29, 0.717) is 24.6 Å². The molecular weight excluding hydrogens is 272 g/mol. The van der Waals surface area contributed by atoms with E-state index in [1.807, 2.05) is 18.2 Å². The van der Waals surface area contributed by atoms with Crippen molar-refractivity contribution in [2.24, 2.45) is 0 Å². The minimum Gasteiger partial charge on any atom is -0.481 e. The Kier molecular flexibility index (Phi) is 3.55. The molecule has 0 aliphatic heterocycles. The summed E-state index contributed by atoms with van der Waals surface area (Å²) in [6.45, 7) is 0. The van der Waals surface area contributed by atoms with Gasteiger partial charge in [-0.2, -0.15) is 0 Å². The van der Waals surface area contributed by atoms with Gasteiger partial charge < -0.3 is 9.52 Å². The zero-order chi connectivity index (χ0) is 14.7. The standard InChI is InChI=1S/C14H12N4O3/c19-13(20)3-1-2-12-17-18-14(21-12)9-4-5-10-11(8-9)16-7-6-15-10/h4-8H,1-3H2,(H,19,20). The molecule has 0 amide bonds. The molecule has 0 fully saturated rings. The molecule has 1 N–H and O–H groups in total. The molecular formula is C14H12N4O3. The van der Waals surface area contributed by atoms with Crippen LogP contribution >= 0.6 is 0 Å². The van der Waals surface area contributed by atoms with Gasteiger partial charge in [0.25, 0.3) is 0 Å². The highest BCUT2D eigenvalue weighted by Gasteiger charge is 2.10. The van der Waals surface area contributed by atoms with Crippen LogP contribution in [0.5, 0.6) is 0 Å². The van der Waals surface area contributed by atoms with E-state index >= 15 is 0 Å². The summed E-state index contributed by atoms with van der Waals surface area (Å²) in [4.78, 5) is 18.9. The summed E-state index contributed by atoms with van der Waals surface area (Å²) in [5, 5.41) is 16.5. The molecule has 21 heavy (non-hydrogen) atoms.